The van der Waals surface area contributed by atoms with Crippen molar-refractivity contribution < 1.29 is 9.15 Å². The number of benzene rings is 1. The highest BCUT2D eigenvalue weighted by Crippen LogP contribution is 2.21. The highest BCUT2D eigenvalue weighted by atomic mass is 32.2. The molecular weight excluding hydrogens is 246 g/mol. The van der Waals surface area contributed by atoms with E-state index in [1.54, 1.807) is 11.8 Å². The molecule has 1 aromatic carbocycles. The number of nitrogens with two attached hydrogens (primary N) is 1. The molecule has 2 aromatic rings. The fourth-order valence-electron chi connectivity index (χ4n) is 1.66. The van der Waals surface area contributed by atoms with Gasteiger partial charge in [0.05, 0.1) is 6.54 Å². The van der Waals surface area contributed by atoms with Crippen molar-refractivity contribution in [2.24, 2.45) is 5.73 Å². The molecular formula is C14H17NO2S. The van der Waals surface area contributed by atoms with E-state index in [-0.39, 0.29) is 0 Å². The number of ether oxygens (including phenoxy) is 1. The van der Waals surface area contributed by atoms with Crippen molar-refractivity contribution >= 4 is 11.8 Å². The van der Waals surface area contributed by atoms with Crippen LogP contribution in [-0.2, 0) is 13.2 Å². The zero-order valence-corrected chi connectivity index (χ0v) is 11.4. The van der Waals surface area contributed by atoms with Crippen molar-refractivity contribution in [2.75, 3.05) is 6.26 Å². The van der Waals surface area contributed by atoms with E-state index in [1.807, 2.05) is 37.3 Å². The van der Waals surface area contributed by atoms with Crippen LogP contribution in [0.4, 0.5) is 0 Å². The van der Waals surface area contributed by atoms with Crippen LogP contribution < -0.4 is 10.5 Å². The van der Waals surface area contributed by atoms with Crippen molar-refractivity contribution in [1.82, 2.24) is 0 Å². The average molecular weight is 263 g/mol. The molecule has 0 unspecified atom stereocenters. The van der Waals surface area contributed by atoms with E-state index in [4.69, 9.17) is 14.9 Å². The first kappa shape index (κ1) is 13.1. The Balaban J connectivity index is 1.99. The molecule has 18 heavy (non-hydrogen) atoms. The van der Waals surface area contributed by atoms with Gasteiger partial charge in [-0.15, -0.1) is 11.8 Å². The van der Waals surface area contributed by atoms with Crippen molar-refractivity contribution in [1.29, 1.82) is 0 Å². The summed E-state index contributed by atoms with van der Waals surface area (Å²) < 4.78 is 11.2. The highest BCUT2D eigenvalue weighted by Gasteiger charge is 2.06. The van der Waals surface area contributed by atoms with E-state index in [2.05, 4.69) is 6.26 Å². The molecule has 0 spiro atoms. The van der Waals surface area contributed by atoms with Crippen LogP contribution in [0, 0.1) is 6.92 Å². The van der Waals surface area contributed by atoms with E-state index in [0.29, 0.717) is 13.2 Å². The van der Waals surface area contributed by atoms with Gasteiger partial charge < -0.3 is 14.9 Å². The van der Waals surface area contributed by atoms with Crippen LogP contribution >= 0.6 is 11.8 Å². The summed E-state index contributed by atoms with van der Waals surface area (Å²) in [5, 5.41) is 0. The molecule has 0 amide bonds. The SMILES string of the molecule is CSc1ccc(OCc2cc(CN)oc2C)cc1. The Hall–Kier alpha value is -1.39. The molecule has 3 nitrogen and oxygen atoms in total. The molecule has 2 N–H and O–H groups in total. The normalized spacial score (nSPS) is 10.6. The topological polar surface area (TPSA) is 48.4 Å². The Morgan fingerprint density at radius 1 is 1.28 bits per heavy atom. The van der Waals surface area contributed by atoms with Crippen LogP contribution in [-0.4, -0.2) is 6.26 Å². The van der Waals surface area contributed by atoms with Crippen LogP contribution in [0.1, 0.15) is 17.1 Å². The molecule has 0 atom stereocenters. The second-order valence-electron chi connectivity index (χ2n) is 3.96. The Labute approximate surface area is 111 Å². The van der Waals surface area contributed by atoms with Crippen LogP contribution in [0.3, 0.4) is 0 Å². The van der Waals surface area contributed by atoms with Crippen molar-refractivity contribution in [3.63, 3.8) is 0 Å². The molecule has 2 rings (SSSR count). The first-order chi connectivity index (χ1) is 8.72. The fourth-order valence-corrected chi connectivity index (χ4v) is 2.07. The molecule has 0 aliphatic carbocycles. The second-order valence-corrected chi connectivity index (χ2v) is 4.84. The Bertz CT molecular complexity index is 505. The van der Waals surface area contributed by atoms with Gasteiger partial charge in [-0.3, -0.25) is 0 Å². The molecule has 0 radical (unpaired) electrons. The molecule has 0 saturated carbocycles. The van der Waals surface area contributed by atoms with Crippen LogP contribution in [0.25, 0.3) is 0 Å². The summed E-state index contributed by atoms with van der Waals surface area (Å²) in [5.74, 6) is 2.53. The minimum Gasteiger partial charge on any atom is -0.489 e. The van der Waals surface area contributed by atoms with Gasteiger partial charge in [-0.2, -0.15) is 0 Å². The lowest BCUT2D eigenvalue weighted by Crippen LogP contribution is -1.96. The minimum absolute atomic E-state index is 0.420. The number of furan rings is 1. The zero-order chi connectivity index (χ0) is 13.0. The van der Waals surface area contributed by atoms with Gasteiger partial charge in [0, 0.05) is 10.5 Å². The van der Waals surface area contributed by atoms with Crippen LogP contribution in [0.2, 0.25) is 0 Å². The minimum atomic E-state index is 0.420. The van der Waals surface area contributed by atoms with Gasteiger partial charge >= 0.3 is 0 Å². The molecule has 0 aliphatic rings. The lowest BCUT2D eigenvalue weighted by molar-refractivity contribution is 0.303. The van der Waals surface area contributed by atoms with E-state index < -0.39 is 0 Å². The number of hydrogen-bond donors (Lipinski definition) is 1. The summed E-state index contributed by atoms with van der Waals surface area (Å²) in [6, 6.07) is 10.0. The standard InChI is InChI=1S/C14H17NO2S/c1-10-11(7-13(8-15)17-10)9-16-12-3-5-14(18-2)6-4-12/h3-7H,8-9,15H2,1-2H3. The van der Waals surface area contributed by atoms with Crippen LogP contribution in [0.15, 0.2) is 39.6 Å². The van der Waals surface area contributed by atoms with E-state index >= 15 is 0 Å². The predicted octanol–water partition coefficient (Wildman–Crippen LogP) is 3.35. The lowest BCUT2D eigenvalue weighted by Gasteiger charge is -2.05. The summed E-state index contributed by atoms with van der Waals surface area (Å²) in [6.45, 7) is 2.85. The summed E-state index contributed by atoms with van der Waals surface area (Å²) in [6.07, 6.45) is 2.05. The lowest BCUT2D eigenvalue weighted by atomic mass is 10.2. The van der Waals surface area contributed by atoms with Gasteiger partial charge in [0.25, 0.3) is 0 Å². The molecule has 0 bridgehead atoms. The maximum absolute atomic E-state index is 5.72. The number of hydrogen-bond acceptors (Lipinski definition) is 4. The second kappa shape index (κ2) is 5.98. The van der Waals surface area contributed by atoms with Gasteiger partial charge in [0.1, 0.15) is 23.9 Å². The molecule has 4 heteroatoms. The number of aryl methyl sites for hydroxylation is 1. The smallest absolute Gasteiger partial charge is 0.119 e. The summed E-state index contributed by atoms with van der Waals surface area (Å²) in [7, 11) is 0. The molecule has 1 heterocycles. The van der Waals surface area contributed by atoms with E-state index in [9.17, 15) is 0 Å². The first-order valence-electron chi connectivity index (χ1n) is 5.78. The van der Waals surface area contributed by atoms with Crippen molar-refractivity contribution in [2.45, 2.75) is 25.0 Å². The quantitative estimate of drug-likeness (QED) is 0.840. The molecule has 0 fully saturated rings. The molecule has 96 valence electrons. The summed E-state index contributed by atoms with van der Waals surface area (Å²) >= 11 is 1.72. The summed E-state index contributed by atoms with van der Waals surface area (Å²) in [4.78, 5) is 1.23. The Morgan fingerprint density at radius 2 is 2.00 bits per heavy atom. The number of rotatable bonds is 5. The fraction of sp³-hybridized carbons (Fsp3) is 0.286. The molecule has 0 aliphatic heterocycles. The van der Waals surface area contributed by atoms with Gasteiger partial charge in [-0.1, -0.05) is 0 Å². The van der Waals surface area contributed by atoms with Gasteiger partial charge in [0.2, 0.25) is 0 Å². The maximum Gasteiger partial charge on any atom is 0.119 e. The van der Waals surface area contributed by atoms with E-state index in [0.717, 1.165) is 22.8 Å². The zero-order valence-electron chi connectivity index (χ0n) is 10.6. The monoisotopic (exact) mass is 263 g/mol. The van der Waals surface area contributed by atoms with Crippen LogP contribution in [0.5, 0.6) is 5.75 Å². The predicted molar refractivity (Wildman–Crippen MR) is 73.9 cm³/mol. The van der Waals surface area contributed by atoms with Gasteiger partial charge in [-0.05, 0) is 43.5 Å². The first-order valence-corrected chi connectivity index (χ1v) is 7.00. The Kier molecular flexibility index (Phi) is 4.33. The Morgan fingerprint density at radius 3 is 2.56 bits per heavy atom. The summed E-state index contributed by atoms with van der Waals surface area (Å²) in [5.41, 5.74) is 6.58. The maximum atomic E-state index is 5.72. The van der Waals surface area contributed by atoms with E-state index in [1.165, 1.54) is 4.90 Å². The van der Waals surface area contributed by atoms with Gasteiger partial charge in [-0.25, -0.2) is 0 Å². The third-order valence-electron chi connectivity index (χ3n) is 2.73. The van der Waals surface area contributed by atoms with Gasteiger partial charge in [0.15, 0.2) is 0 Å². The van der Waals surface area contributed by atoms with Crippen molar-refractivity contribution in [3.05, 3.63) is 47.4 Å². The average Bonchev–Trinajstić information content (AvgIpc) is 2.77. The largest absolute Gasteiger partial charge is 0.489 e. The molecule has 1 aromatic heterocycles. The third-order valence-corrected chi connectivity index (χ3v) is 3.47. The highest BCUT2D eigenvalue weighted by molar-refractivity contribution is 7.98. The third kappa shape index (κ3) is 3.09. The number of thioether (sulfide) groups is 1. The molecule has 0 saturated heterocycles. The van der Waals surface area contributed by atoms with Crippen molar-refractivity contribution in [3.8, 4) is 5.75 Å².